The molecule has 0 saturated carbocycles. The van der Waals surface area contributed by atoms with Crippen molar-refractivity contribution in [2.24, 2.45) is 17.6 Å². The van der Waals surface area contributed by atoms with Crippen LogP contribution in [0.25, 0.3) is 10.9 Å². The Morgan fingerprint density at radius 1 is 0.667 bits per heavy atom. The van der Waals surface area contributed by atoms with E-state index >= 15 is 0 Å². The number of ketones is 2. The number of aliphatic hydroxyl groups is 2. The fourth-order valence-electron chi connectivity index (χ4n) is 9.60. The second-order valence-corrected chi connectivity index (χ2v) is 21.5. The predicted molar refractivity (Wildman–Crippen MR) is 308 cm³/mol. The molecule has 1 aromatic heterocycles. The number of nitrogens with one attached hydrogen (secondary N) is 6. The summed E-state index contributed by atoms with van der Waals surface area (Å²) in [7, 11) is 1.56. The van der Waals surface area contributed by atoms with Crippen molar-refractivity contribution in [2.45, 2.75) is 134 Å². The van der Waals surface area contributed by atoms with E-state index in [1.165, 1.54) is 36.1 Å². The van der Waals surface area contributed by atoms with Gasteiger partial charge in [-0.2, -0.15) is 0 Å². The van der Waals surface area contributed by atoms with E-state index in [0.717, 1.165) is 10.9 Å². The van der Waals surface area contributed by atoms with Crippen LogP contribution in [0.4, 0.5) is 0 Å². The minimum atomic E-state index is -1.75. The molecule has 0 radical (unpaired) electrons. The largest absolute Gasteiger partial charge is 0.508 e. The topological polar surface area (TPSA) is 368 Å². The van der Waals surface area contributed by atoms with Crippen LogP contribution < -0.4 is 32.3 Å². The molecule has 6 atom stereocenters. The first-order valence-corrected chi connectivity index (χ1v) is 28.8. The zero-order chi connectivity index (χ0) is 61.6. The van der Waals surface area contributed by atoms with Crippen molar-refractivity contribution < 1.29 is 77.5 Å². The number of hydrogen-bond donors (Lipinski definition) is 10. The smallest absolute Gasteiger partial charge is 0.245 e. The van der Waals surface area contributed by atoms with E-state index in [0.29, 0.717) is 50.2 Å². The first-order chi connectivity index (χ1) is 40.2. The number of aromatic nitrogens is 1. The lowest BCUT2D eigenvalue weighted by atomic mass is 9.93. The van der Waals surface area contributed by atoms with E-state index in [2.05, 4.69) is 31.6 Å². The third kappa shape index (κ3) is 24.5. The molecule has 4 rings (SSSR count). The number of benzene rings is 2. The van der Waals surface area contributed by atoms with E-state index in [1.54, 1.807) is 24.3 Å². The van der Waals surface area contributed by atoms with Gasteiger partial charge in [0.15, 0.2) is 5.78 Å². The third-order valence-electron chi connectivity index (χ3n) is 14.2. The van der Waals surface area contributed by atoms with Gasteiger partial charge in [-0.3, -0.25) is 43.2 Å². The third-order valence-corrected chi connectivity index (χ3v) is 14.2. The molecule has 2 aromatic carbocycles. The molecule has 0 spiro atoms. The van der Waals surface area contributed by atoms with Gasteiger partial charge in [0.2, 0.25) is 47.3 Å². The van der Waals surface area contributed by atoms with Gasteiger partial charge in [-0.1, -0.05) is 50.6 Å². The van der Waals surface area contributed by atoms with Crippen LogP contribution in [0.3, 0.4) is 0 Å². The van der Waals surface area contributed by atoms with Gasteiger partial charge >= 0.3 is 0 Å². The summed E-state index contributed by atoms with van der Waals surface area (Å²) in [5.41, 5.74) is 7.30. The van der Waals surface area contributed by atoms with E-state index in [9.17, 15) is 63.3 Å². The maximum absolute atomic E-state index is 14.6. The Morgan fingerprint density at radius 2 is 1.25 bits per heavy atom. The number of rotatable bonds is 25. The number of carbonyl (C=O) groups excluding carboxylic acids is 10. The summed E-state index contributed by atoms with van der Waals surface area (Å²) in [6, 6.07) is 5.44. The molecule has 464 valence electrons. The number of aromatic amines is 1. The van der Waals surface area contributed by atoms with Crippen LogP contribution in [0.5, 0.6) is 5.75 Å². The number of aliphatic hydroxyl groups excluding tert-OH is 2. The van der Waals surface area contributed by atoms with Gasteiger partial charge in [0.25, 0.3) is 0 Å². The number of phenolic OH excluding ortho intramolecular Hbond substituents is 1. The second-order valence-electron chi connectivity index (χ2n) is 21.5. The summed E-state index contributed by atoms with van der Waals surface area (Å²) < 4.78 is 16.1. The Labute approximate surface area is 490 Å². The number of Topliss-reactive ketones (excluding diaryl/α,β-unsaturated/α-hetero) is 2. The number of ether oxygens (including phenoxy) is 3. The summed E-state index contributed by atoms with van der Waals surface area (Å²) in [5, 5.41) is 44.5. The number of hydrogen-bond acceptors (Lipinski definition) is 16. The highest BCUT2D eigenvalue weighted by atomic mass is 16.5. The van der Waals surface area contributed by atoms with E-state index in [1.807, 2.05) is 32.0 Å². The fraction of sp³-hybridized carbons (Fsp3) is 0.593. The minimum Gasteiger partial charge on any atom is -0.508 e. The maximum atomic E-state index is 14.6. The quantitative estimate of drug-likeness (QED) is 0.0520. The number of nitrogens with zero attached hydrogens (tertiary/aromatic N) is 2. The highest BCUT2D eigenvalue weighted by Crippen LogP contribution is 2.22. The highest BCUT2D eigenvalue weighted by Gasteiger charge is 2.35. The van der Waals surface area contributed by atoms with Crippen LogP contribution in [0.1, 0.15) is 103 Å². The van der Waals surface area contributed by atoms with E-state index < -0.39 is 116 Å². The molecule has 1 aliphatic rings. The maximum Gasteiger partial charge on any atom is 0.245 e. The Hall–Kier alpha value is -7.32. The lowest BCUT2D eigenvalue weighted by Gasteiger charge is -2.30. The van der Waals surface area contributed by atoms with Crippen molar-refractivity contribution in [3.8, 4) is 5.75 Å². The summed E-state index contributed by atoms with van der Waals surface area (Å²) in [6.07, 6.45) is 2.38. The van der Waals surface area contributed by atoms with Gasteiger partial charge in [0.05, 0.1) is 52.6 Å². The van der Waals surface area contributed by atoms with Crippen LogP contribution in [0.2, 0.25) is 0 Å². The normalized spacial score (nSPS) is 20.8. The van der Waals surface area contributed by atoms with Crippen LogP contribution >= 0.6 is 0 Å². The van der Waals surface area contributed by atoms with Crippen molar-refractivity contribution in [1.29, 1.82) is 0 Å². The summed E-state index contributed by atoms with van der Waals surface area (Å²) in [4.78, 5) is 144. The Morgan fingerprint density at radius 3 is 1.90 bits per heavy atom. The summed E-state index contributed by atoms with van der Waals surface area (Å²) in [5.74, 6) is -8.15. The number of nitrogens with two attached hydrogens (primary N) is 1. The van der Waals surface area contributed by atoms with Crippen LogP contribution in [-0.2, 0) is 75.0 Å². The summed E-state index contributed by atoms with van der Waals surface area (Å²) >= 11 is 0. The van der Waals surface area contributed by atoms with Gasteiger partial charge < -0.3 is 81.4 Å². The predicted octanol–water partition coefficient (Wildman–Crippen LogP) is 0.624. The molecule has 3 unspecified atom stereocenters. The van der Waals surface area contributed by atoms with Crippen LogP contribution in [0, 0.1) is 11.8 Å². The Bertz CT molecular complexity index is 2630. The average Bonchev–Trinajstić information content (AvgIpc) is 3.89. The van der Waals surface area contributed by atoms with Gasteiger partial charge in [0, 0.05) is 75.4 Å². The molecular formula is C59H87N9O16. The molecule has 3 aromatic rings. The molecule has 2 heterocycles. The number of aromatic hydroxyl groups is 1. The van der Waals surface area contributed by atoms with Crippen molar-refractivity contribution in [3.05, 3.63) is 65.9 Å². The Kier molecular flexibility index (Phi) is 30.5. The number of phenols is 1. The van der Waals surface area contributed by atoms with Crippen molar-refractivity contribution >= 4 is 69.7 Å². The zero-order valence-electron chi connectivity index (χ0n) is 48.8. The monoisotopic (exact) mass is 1180 g/mol. The first-order valence-electron chi connectivity index (χ1n) is 28.8. The number of amides is 8. The number of H-pyrrole nitrogens is 1. The molecule has 1 saturated heterocycles. The van der Waals surface area contributed by atoms with Crippen LogP contribution in [0.15, 0.2) is 54.7 Å². The van der Waals surface area contributed by atoms with Gasteiger partial charge in [-0.15, -0.1) is 0 Å². The van der Waals surface area contributed by atoms with Gasteiger partial charge in [-0.05, 0) is 87.1 Å². The molecule has 1 aliphatic heterocycles. The number of para-hydroxylation sites is 1. The lowest BCUT2D eigenvalue weighted by Crippen LogP contribution is -2.60. The highest BCUT2D eigenvalue weighted by molar-refractivity contribution is 5.98. The molecular weight excluding hydrogens is 1090 g/mol. The number of carbonyl (C=O) groups is 10. The molecule has 0 bridgehead atoms. The zero-order valence-corrected chi connectivity index (χ0v) is 48.8. The van der Waals surface area contributed by atoms with Gasteiger partial charge in [0.1, 0.15) is 48.3 Å². The van der Waals surface area contributed by atoms with Gasteiger partial charge in [-0.25, -0.2) is 0 Å². The number of fused-ring (bicyclic) bond motifs is 1. The van der Waals surface area contributed by atoms with Crippen molar-refractivity contribution in [2.75, 3.05) is 79.5 Å². The molecule has 8 amide bonds. The molecule has 25 heteroatoms. The molecule has 25 nitrogen and oxygen atoms in total. The van der Waals surface area contributed by atoms with Crippen molar-refractivity contribution in [3.63, 3.8) is 0 Å². The fourth-order valence-corrected chi connectivity index (χ4v) is 9.60. The number of methoxy groups -OCH3 is 1. The SMILES string of the molecule is COCCOCCOCCC(=O)N1CCCCC(CCC(C)=O)C(=O)N[C@@H](Cc2c[nH]c3ccccc23)C(=O)NC(CO)C(=O)N[C@@H](CCC(N)=O)C(=O)NC(Cc2ccc(O)cc2)C(=O)N[C@@H](CC(C)C)C(=O)N(CC(=O)CO)CCCC1. The van der Waals surface area contributed by atoms with E-state index in [4.69, 9.17) is 19.9 Å². The minimum absolute atomic E-state index is 0.0226. The summed E-state index contributed by atoms with van der Waals surface area (Å²) in [6.45, 7) is 4.47. The Balaban J connectivity index is 1.78. The van der Waals surface area contributed by atoms with Crippen molar-refractivity contribution in [1.82, 2.24) is 41.4 Å². The van der Waals surface area contributed by atoms with E-state index in [-0.39, 0.29) is 108 Å². The molecule has 11 N–H and O–H groups in total. The standard InChI is InChI=1S/C59H87N9O16/c1-38(2)31-50-59(81)68(35-44(73)36-69)25-10-9-24-67(53(75)22-26-83-29-30-84-28-27-82-4)23-8-7-11-41(17-14-39(3)71)54(76)63-49(33-42-34-61-46-13-6-5-12-45(42)46)57(79)66-51(37-70)58(80)62-47(20-21-52(60)74)55(77)64-48(56(78)65-50)32-40-15-18-43(72)19-16-40/h5-6,12-13,15-16,18-19,34,38,41,47-51,61,69-70,72H,7-11,14,17,20-33,35-37H2,1-4H3,(H2,60,74)(H,62,80)(H,63,76)(H,64,77)(H,65,78)(H,66,79)/t41?,47-,48?,49-,50-,51?/m0/s1. The molecule has 84 heavy (non-hydrogen) atoms. The molecule has 0 aliphatic carbocycles. The molecule has 1 fully saturated rings. The van der Waals surface area contributed by atoms with Crippen LogP contribution in [-0.4, -0.2) is 199 Å². The lowest BCUT2D eigenvalue weighted by molar-refractivity contribution is -0.140. The first kappa shape index (κ1) is 69.2. The second kappa shape index (κ2) is 37.1. The average molecular weight is 1180 g/mol. The number of primary amides is 1.